The second-order valence-electron chi connectivity index (χ2n) is 2.09. The van der Waals surface area contributed by atoms with E-state index in [2.05, 4.69) is 12.6 Å². The minimum absolute atomic E-state index is 0.0301. The van der Waals surface area contributed by atoms with Crippen molar-refractivity contribution in [1.82, 2.24) is 0 Å². The van der Waals surface area contributed by atoms with Gasteiger partial charge in [0.25, 0.3) is 0 Å². The quantitative estimate of drug-likeness (QED) is 0.485. The first-order chi connectivity index (χ1) is 3.34. The van der Waals surface area contributed by atoms with Gasteiger partial charge in [0.1, 0.15) is 0 Å². The predicted octanol–water partition coefficient (Wildman–Crippen LogP) is 0.687. The van der Waals surface area contributed by atoms with Crippen molar-refractivity contribution >= 4 is 12.6 Å². The van der Waals surface area contributed by atoms with Crippen LogP contribution in [0.4, 0.5) is 0 Å². The molecule has 0 saturated heterocycles. The first kappa shape index (κ1) is 5.45. The van der Waals surface area contributed by atoms with Crippen LogP contribution in [0, 0.1) is 5.92 Å². The molecular formula is C5H10OS. The SMILES string of the molecule is O[C@@H]1CC[C@@H]1CS. The van der Waals surface area contributed by atoms with Gasteiger partial charge < -0.3 is 5.11 Å². The summed E-state index contributed by atoms with van der Waals surface area (Å²) in [5, 5.41) is 8.86. The second-order valence-corrected chi connectivity index (χ2v) is 2.45. The third-order valence-corrected chi connectivity index (χ3v) is 2.08. The van der Waals surface area contributed by atoms with E-state index in [9.17, 15) is 0 Å². The topological polar surface area (TPSA) is 20.2 Å². The van der Waals surface area contributed by atoms with Crippen LogP contribution in [-0.4, -0.2) is 17.0 Å². The summed E-state index contributed by atoms with van der Waals surface area (Å²) >= 11 is 4.05. The van der Waals surface area contributed by atoms with Crippen LogP contribution in [0.15, 0.2) is 0 Å². The van der Waals surface area contributed by atoms with E-state index in [1.807, 2.05) is 0 Å². The highest BCUT2D eigenvalue weighted by atomic mass is 32.1. The van der Waals surface area contributed by atoms with Crippen LogP contribution < -0.4 is 0 Å². The van der Waals surface area contributed by atoms with E-state index in [0.29, 0.717) is 5.92 Å². The third-order valence-electron chi connectivity index (χ3n) is 1.61. The van der Waals surface area contributed by atoms with Crippen LogP contribution in [0.1, 0.15) is 12.8 Å². The maximum atomic E-state index is 8.86. The molecule has 1 saturated carbocycles. The lowest BCUT2D eigenvalue weighted by Gasteiger charge is -2.30. The Balaban J connectivity index is 2.16. The molecule has 0 heterocycles. The molecule has 1 aliphatic rings. The van der Waals surface area contributed by atoms with E-state index in [1.165, 1.54) is 6.42 Å². The van der Waals surface area contributed by atoms with E-state index in [0.717, 1.165) is 12.2 Å². The molecule has 0 unspecified atom stereocenters. The molecule has 0 bridgehead atoms. The summed E-state index contributed by atoms with van der Waals surface area (Å²) in [5.41, 5.74) is 0. The highest BCUT2D eigenvalue weighted by molar-refractivity contribution is 7.80. The summed E-state index contributed by atoms with van der Waals surface area (Å²) in [7, 11) is 0. The van der Waals surface area contributed by atoms with Crippen molar-refractivity contribution in [2.45, 2.75) is 18.9 Å². The van der Waals surface area contributed by atoms with Crippen molar-refractivity contribution in [1.29, 1.82) is 0 Å². The molecule has 0 aromatic rings. The van der Waals surface area contributed by atoms with Gasteiger partial charge in [-0.2, -0.15) is 12.6 Å². The van der Waals surface area contributed by atoms with Gasteiger partial charge >= 0.3 is 0 Å². The van der Waals surface area contributed by atoms with Crippen molar-refractivity contribution in [3.05, 3.63) is 0 Å². The largest absolute Gasteiger partial charge is 0.393 e. The summed E-state index contributed by atoms with van der Waals surface area (Å²) < 4.78 is 0. The summed E-state index contributed by atoms with van der Waals surface area (Å²) in [6.07, 6.45) is 2.13. The lowest BCUT2D eigenvalue weighted by molar-refractivity contribution is 0.0374. The number of thiol groups is 1. The highest BCUT2D eigenvalue weighted by Gasteiger charge is 2.26. The Labute approximate surface area is 49.1 Å². The molecule has 0 radical (unpaired) electrons. The molecule has 2 atom stereocenters. The Morgan fingerprint density at radius 1 is 1.57 bits per heavy atom. The van der Waals surface area contributed by atoms with Crippen molar-refractivity contribution in [3.8, 4) is 0 Å². The summed E-state index contributed by atoms with van der Waals surface area (Å²) in [5.74, 6) is 1.35. The molecule has 7 heavy (non-hydrogen) atoms. The van der Waals surface area contributed by atoms with Crippen LogP contribution in [0.25, 0.3) is 0 Å². The Morgan fingerprint density at radius 3 is 2.29 bits per heavy atom. The highest BCUT2D eigenvalue weighted by Crippen LogP contribution is 2.27. The molecule has 0 spiro atoms. The van der Waals surface area contributed by atoms with Gasteiger partial charge in [0, 0.05) is 0 Å². The van der Waals surface area contributed by atoms with E-state index in [4.69, 9.17) is 5.11 Å². The molecule has 1 nitrogen and oxygen atoms in total. The van der Waals surface area contributed by atoms with Crippen LogP contribution in [0.3, 0.4) is 0 Å². The van der Waals surface area contributed by atoms with Crippen LogP contribution in [0.2, 0.25) is 0 Å². The van der Waals surface area contributed by atoms with Gasteiger partial charge in [0.2, 0.25) is 0 Å². The lowest BCUT2D eigenvalue weighted by atomic mass is 9.84. The van der Waals surface area contributed by atoms with Crippen molar-refractivity contribution in [2.75, 3.05) is 5.75 Å². The first-order valence-corrected chi connectivity index (χ1v) is 3.26. The van der Waals surface area contributed by atoms with Crippen molar-refractivity contribution < 1.29 is 5.11 Å². The number of aliphatic hydroxyl groups excluding tert-OH is 1. The normalized spacial score (nSPS) is 40.3. The molecule has 1 aliphatic carbocycles. The van der Waals surface area contributed by atoms with E-state index in [1.54, 1.807) is 0 Å². The summed E-state index contributed by atoms with van der Waals surface area (Å²) in [4.78, 5) is 0. The van der Waals surface area contributed by atoms with Crippen LogP contribution in [-0.2, 0) is 0 Å². The Bertz CT molecular complexity index is 63.1. The van der Waals surface area contributed by atoms with E-state index >= 15 is 0 Å². The Kier molecular flexibility index (Phi) is 1.60. The Hall–Kier alpha value is 0.310. The molecule has 1 rings (SSSR count). The van der Waals surface area contributed by atoms with Gasteiger partial charge in [-0.05, 0) is 24.5 Å². The van der Waals surface area contributed by atoms with Gasteiger partial charge in [0.05, 0.1) is 6.10 Å². The minimum Gasteiger partial charge on any atom is -0.393 e. The van der Waals surface area contributed by atoms with E-state index in [-0.39, 0.29) is 6.10 Å². The molecule has 0 aromatic heterocycles. The molecule has 0 amide bonds. The molecule has 42 valence electrons. The smallest absolute Gasteiger partial charge is 0.0576 e. The predicted molar refractivity (Wildman–Crippen MR) is 32.6 cm³/mol. The fourth-order valence-electron chi connectivity index (χ4n) is 0.764. The zero-order valence-electron chi connectivity index (χ0n) is 4.17. The van der Waals surface area contributed by atoms with Crippen LogP contribution >= 0.6 is 12.6 Å². The summed E-state index contributed by atoms with van der Waals surface area (Å²) in [6.45, 7) is 0. The zero-order chi connectivity index (χ0) is 5.28. The van der Waals surface area contributed by atoms with E-state index < -0.39 is 0 Å². The average Bonchev–Trinajstić information content (AvgIpc) is 1.65. The molecule has 2 heteroatoms. The van der Waals surface area contributed by atoms with Crippen molar-refractivity contribution in [3.63, 3.8) is 0 Å². The average molecular weight is 118 g/mol. The number of aliphatic hydroxyl groups is 1. The maximum Gasteiger partial charge on any atom is 0.0576 e. The number of rotatable bonds is 1. The maximum absolute atomic E-state index is 8.86. The Morgan fingerprint density at radius 2 is 2.29 bits per heavy atom. The monoisotopic (exact) mass is 118 g/mol. The standard InChI is InChI=1S/C5H10OS/c6-5-2-1-4(5)3-7/h4-7H,1-3H2/t4-,5-/m1/s1. The van der Waals surface area contributed by atoms with Gasteiger partial charge in [0.15, 0.2) is 0 Å². The number of hydrogen-bond acceptors (Lipinski definition) is 2. The van der Waals surface area contributed by atoms with Crippen LogP contribution in [0.5, 0.6) is 0 Å². The molecule has 0 aliphatic heterocycles. The zero-order valence-corrected chi connectivity index (χ0v) is 5.06. The van der Waals surface area contributed by atoms with Gasteiger partial charge in [-0.15, -0.1) is 0 Å². The molecule has 1 fully saturated rings. The lowest BCUT2D eigenvalue weighted by Crippen LogP contribution is -2.32. The minimum atomic E-state index is -0.0301. The molecular weight excluding hydrogens is 108 g/mol. The number of hydrogen-bond donors (Lipinski definition) is 2. The first-order valence-electron chi connectivity index (χ1n) is 2.63. The van der Waals surface area contributed by atoms with Gasteiger partial charge in [-0.25, -0.2) is 0 Å². The van der Waals surface area contributed by atoms with Crippen molar-refractivity contribution in [2.24, 2.45) is 5.92 Å². The third kappa shape index (κ3) is 0.916. The van der Waals surface area contributed by atoms with Gasteiger partial charge in [-0.1, -0.05) is 0 Å². The second kappa shape index (κ2) is 2.05. The fourth-order valence-corrected chi connectivity index (χ4v) is 1.19. The fraction of sp³-hybridized carbons (Fsp3) is 1.00. The molecule has 1 N–H and O–H groups in total. The van der Waals surface area contributed by atoms with Gasteiger partial charge in [-0.3, -0.25) is 0 Å². The summed E-state index contributed by atoms with van der Waals surface area (Å²) in [6, 6.07) is 0. The molecule has 0 aromatic carbocycles.